The predicted octanol–water partition coefficient (Wildman–Crippen LogP) is 2.63. The van der Waals surface area contributed by atoms with Crippen molar-refractivity contribution < 1.29 is 14.3 Å². The molecule has 2 aromatic rings. The highest BCUT2D eigenvalue weighted by molar-refractivity contribution is 5.91. The van der Waals surface area contributed by atoms with Crippen molar-refractivity contribution in [3.63, 3.8) is 0 Å². The van der Waals surface area contributed by atoms with Crippen LogP contribution in [0.4, 0.5) is 15.8 Å². The molecule has 20 heavy (non-hydrogen) atoms. The van der Waals surface area contributed by atoms with E-state index >= 15 is 0 Å². The molecular formula is C15H13FN2O2. The summed E-state index contributed by atoms with van der Waals surface area (Å²) in [5, 5.41) is 8.88. The molecule has 2 aromatic carbocycles. The molecule has 0 amide bonds. The Morgan fingerprint density at radius 3 is 2.35 bits per heavy atom. The molecule has 0 atom stereocenters. The van der Waals surface area contributed by atoms with Gasteiger partial charge in [-0.15, -0.1) is 0 Å². The zero-order chi connectivity index (χ0) is 14.3. The third kappa shape index (κ3) is 1.97. The molecular weight excluding hydrogens is 259 g/mol. The standard InChI is InChI=1S/C15H13FN2O2/c16-12-6-14(13(17)5-11(12)15(19)20)18-7-9-3-1-2-4-10(9)8-18/h1-6H,7-8,17H2,(H,19,20). The molecule has 0 saturated carbocycles. The Kier molecular flexibility index (Phi) is 2.82. The highest BCUT2D eigenvalue weighted by Crippen LogP contribution is 2.33. The summed E-state index contributed by atoms with van der Waals surface area (Å²) in [5.74, 6) is -2.08. The lowest BCUT2D eigenvalue weighted by Crippen LogP contribution is -2.17. The third-order valence-corrected chi connectivity index (χ3v) is 3.53. The van der Waals surface area contributed by atoms with Gasteiger partial charge < -0.3 is 15.7 Å². The van der Waals surface area contributed by atoms with Gasteiger partial charge in [-0.3, -0.25) is 0 Å². The van der Waals surface area contributed by atoms with Gasteiger partial charge in [-0.2, -0.15) is 0 Å². The van der Waals surface area contributed by atoms with E-state index in [4.69, 9.17) is 10.8 Å². The van der Waals surface area contributed by atoms with Crippen LogP contribution in [0.15, 0.2) is 36.4 Å². The topological polar surface area (TPSA) is 66.6 Å². The number of rotatable bonds is 2. The first-order valence-corrected chi connectivity index (χ1v) is 6.20. The van der Waals surface area contributed by atoms with E-state index in [1.54, 1.807) is 0 Å². The Labute approximate surface area is 115 Å². The van der Waals surface area contributed by atoms with Crippen LogP contribution in [-0.4, -0.2) is 11.1 Å². The number of hydrogen-bond acceptors (Lipinski definition) is 3. The summed E-state index contributed by atoms with van der Waals surface area (Å²) < 4.78 is 13.8. The van der Waals surface area contributed by atoms with Crippen molar-refractivity contribution >= 4 is 17.3 Å². The summed E-state index contributed by atoms with van der Waals surface area (Å²) in [5.41, 5.74) is 8.63. The molecule has 0 aromatic heterocycles. The number of benzene rings is 2. The second-order valence-corrected chi connectivity index (χ2v) is 4.82. The first kappa shape index (κ1) is 12.5. The summed E-state index contributed by atoms with van der Waals surface area (Å²) >= 11 is 0. The Morgan fingerprint density at radius 1 is 1.20 bits per heavy atom. The van der Waals surface area contributed by atoms with E-state index in [0.717, 1.165) is 0 Å². The molecule has 4 nitrogen and oxygen atoms in total. The smallest absolute Gasteiger partial charge is 0.338 e. The summed E-state index contributed by atoms with van der Waals surface area (Å²) in [6.45, 7) is 1.29. The van der Waals surface area contributed by atoms with E-state index in [1.807, 2.05) is 29.2 Å². The van der Waals surface area contributed by atoms with Crippen LogP contribution >= 0.6 is 0 Å². The van der Waals surface area contributed by atoms with Crippen molar-refractivity contribution in [3.05, 3.63) is 58.9 Å². The third-order valence-electron chi connectivity index (χ3n) is 3.53. The molecule has 0 unspecified atom stereocenters. The van der Waals surface area contributed by atoms with Crippen molar-refractivity contribution in [1.82, 2.24) is 0 Å². The molecule has 1 heterocycles. The predicted molar refractivity (Wildman–Crippen MR) is 74.1 cm³/mol. The molecule has 1 aliphatic rings. The molecule has 0 saturated heterocycles. The van der Waals surface area contributed by atoms with Gasteiger partial charge in [0.1, 0.15) is 5.82 Å². The quantitative estimate of drug-likeness (QED) is 0.825. The minimum absolute atomic E-state index is 0.275. The van der Waals surface area contributed by atoms with Crippen LogP contribution < -0.4 is 10.6 Å². The number of nitrogens with zero attached hydrogens (tertiary/aromatic N) is 1. The summed E-state index contributed by atoms with van der Waals surface area (Å²) in [7, 11) is 0. The minimum Gasteiger partial charge on any atom is -0.478 e. The Balaban J connectivity index is 1.97. The van der Waals surface area contributed by atoms with Crippen LogP contribution in [0.25, 0.3) is 0 Å². The highest BCUT2D eigenvalue weighted by atomic mass is 19.1. The monoisotopic (exact) mass is 272 g/mol. The van der Waals surface area contributed by atoms with Crippen LogP contribution in [0.2, 0.25) is 0 Å². The van der Waals surface area contributed by atoms with Gasteiger partial charge in [-0.25, -0.2) is 9.18 Å². The van der Waals surface area contributed by atoms with Gasteiger partial charge in [0.05, 0.1) is 16.9 Å². The van der Waals surface area contributed by atoms with Gasteiger partial charge >= 0.3 is 5.97 Å². The molecule has 3 N–H and O–H groups in total. The zero-order valence-electron chi connectivity index (χ0n) is 10.6. The van der Waals surface area contributed by atoms with Crippen molar-refractivity contribution in [1.29, 1.82) is 0 Å². The Bertz CT molecular complexity index is 675. The van der Waals surface area contributed by atoms with Crippen LogP contribution in [0, 0.1) is 5.82 Å². The van der Waals surface area contributed by atoms with E-state index in [0.29, 0.717) is 18.8 Å². The fourth-order valence-electron chi connectivity index (χ4n) is 2.52. The molecule has 3 rings (SSSR count). The number of carboxylic acid groups (broad SMARTS) is 1. The second-order valence-electron chi connectivity index (χ2n) is 4.82. The number of fused-ring (bicyclic) bond motifs is 1. The second kappa shape index (κ2) is 4.52. The lowest BCUT2D eigenvalue weighted by molar-refractivity contribution is 0.0692. The average molecular weight is 272 g/mol. The van der Waals surface area contributed by atoms with Gasteiger partial charge in [0.15, 0.2) is 0 Å². The largest absolute Gasteiger partial charge is 0.478 e. The number of carbonyl (C=O) groups is 1. The van der Waals surface area contributed by atoms with Crippen molar-refractivity contribution in [3.8, 4) is 0 Å². The maximum atomic E-state index is 13.8. The van der Waals surface area contributed by atoms with Crippen LogP contribution in [0.1, 0.15) is 21.5 Å². The molecule has 0 spiro atoms. The van der Waals surface area contributed by atoms with Crippen molar-refractivity contribution in [2.45, 2.75) is 13.1 Å². The van der Waals surface area contributed by atoms with Crippen molar-refractivity contribution in [2.75, 3.05) is 10.6 Å². The summed E-state index contributed by atoms with van der Waals surface area (Å²) in [4.78, 5) is 12.8. The normalized spacial score (nSPS) is 13.3. The molecule has 0 bridgehead atoms. The first-order chi connectivity index (χ1) is 9.56. The van der Waals surface area contributed by atoms with Gasteiger partial charge in [0.2, 0.25) is 0 Å². The molecule has 0 radical (unpaired) electrons. The molecule has 5 heteroatoms. The van der Waals surface area contributed by atoms with Gasteiger partial charge in [-0.05, 0) is 17.2 Å². The van der Waals surface area contributed by atoms with Crippen LogP contribution in [0.5, 0.6) is 0 Å². The SMILES string of the molecule is Nc1cc(C(=O)O)c(F)cc1N1Cc2ccccc2C1. The van der Waals surface area contributed by atoms with Crippen LogP contribution in [0.3, 0.4) is 0 Å². The summed E-state index contributed by atoms with van der Waals surface area (Å²) in [6, 6.07) is 10.3. The number of aromatic carboxylic acids is 1. The average Bonchev–Trinajstić information content (AvgIpc) is 2.84. The maximum absolute atomic E-state index is 13.8. The van der Waals surface area contributed by atoms with E-state index in [1.165, 1.54) is 23.3 Å². The van der Waals surface area contributed by atoms with E-state index in [-0.39, 0.29) is 5.69 Å². The lowest BCUT2D eigenvalue weighted by Gasteiger charge is -2.20. The van der Waals surface area contributed by atoms with E-state index < -0.39 is 17.3 Å². The molecule has 0 fully saturated rings. The fraction of sp³-hybridized carbons (Fsp3) is 0.133. The van der Waals surface area contributed by atoms with E-state index in [9.17, 15) is 9.18 Å². The van der Waals surface area contributed by atoms with Crippen molar-refractivity contribution in [2.24, 2.45) is 0 Å². The fourth-order valence-corrected chi connectivity index (χ4v) is 2.52. The van der Waals surface area contributed by atoms with Gasteiger partial charge in [0, 0.05) is 19.2 Å². The number of carboxylic acids is 1. The van der Waals surface area contributed by atoms with E-state index in [2.05, 4.69) is 0 Å². The summed E-state index contributed by atoms with van der Waals surface area (Å²) in [6.07, 6.45) is 0. The van der Waals surface area contributed by atoms with Gasteiger partial charge in [-0.1, -0.05) is 24.3 Å². The number of nitrogens with two attached hydrogens (primary N) is 1. The molecule has 0 aliphatic carbocycles. The Hall–Kier alpha value is -2.56. The number of hydrogen-bond donors (Lipinski definition) is 2. The number of nitrogen functional groups attached to an aromatic ring is 1. The molecule has 102 valence electrons. The first-order valence-electron chi connectivity index (χ1n) is 6.20. The Morgan fingerprint density at radius 2 is 1.80 bits per heavy atom. The van der Waals surface area contributed by atoms with Gasteiger partial charge in [0.25, 0.3) is 0 Å². The lowest BCUT2D eigenvalue weighted by atomic mass is 10.1. The highest BCUT2D eigenvalue weighted by Gasteiger charge is 2.22. The minimum atomic E-state index is -1.31. The maximum Gasteiger partial charge on any atom is 0.338 e. The zero-order valence-corrected chi connectivity index (χ0v) is 10.6. The number of halogens is 1. The number of anilines is 2. The van der Waals surface area contributed by atoms with Crippen LogP contribution in [-0.2, 0) is 13.1 Å². The molecule has 1 aliphatic heterocycles.